The Labute approximate surface area is 101 Å². The van der Waals surface area contributed by atoms with Gasteiger partial charge < -0.3 is 9.84 Å². The molecule has 1 saturated heterocycles. The summed E-state index contributed by atoms with van der Waals surface area (Å²) >= 11 is 2.05. The zero-order chi connectivity index (χ0) is 11.7. The van der Waals surface area contributed by atoms with Crippen LogP contribution in [-0.4, -0.2) is 22.2 Å². The van der Waals surface area contributed by atoms with Gasteiger partial charge in [-0.25, -0.2) is 0 Å². The number of aromatic nitrogens is 1. The maximum Gasteiger partial charge on any atom is 0.138 e. The van der Waals surface area contributed by atoms with Crippen molar-refractivity contribution in [3.8, 4) is 0 Å². The zero-order valence-corrected chi connectivity index (χ0v) is 11.2. The van der Waals surface area contributed by atoms with Crippen molar-refractivity contribution in [1.29, 1.82) is 0 Å². The first-order chi connectivity index (χ1) is 7.58. The molecule has 0 aromatic carbocycles. The number of nitrogens with zero attached hydrogens (tertiary/aromatic N) is 1. The molecule has 1 aromatic rings. The molecule has 3 unspecified atom stereocenters. The third kappa shape index (κ3) is 2.43. The molecule has 2 heterocycles. The minimum atomic E-state index is 0.335. The van der Waals surface area contributed by atoms with E-state index in [4.69, 9.17) is 4.52 Å². The highest BCUT2D eigenvalue weighted by Gasteiger charge is 2.25. The molecule has 0 saturated carbocycles. The van der Waals surface area contributed by atoms with Crippen molar-refractivity contribution >= 4 is 11.8 Å². The van der Waals surface area contributed by atoms with E-state index >= 15 is 0 Å². The fourth-order valence-corrected chi connectivity index (χ4v) is 3.64. The highest BCUT2D eigenvalue weighted by molar-refractivity contribution is 8.00. The van der Waals surface area contributed by atoms with Gasteiger partial charge in [0, 0.05) is 28.6 Å². The average molecular weight is 240 g/mol. The molecule has 16 heavy (non-hydrogen) atoms. The van der Waals surface area contributed by atoms with E-state index in [1.165, 1.54) is 17.7 Å². The molecule has 0 amide bonds. The van der Waals surface area contributed by atoms with Gasteiger partial charge in [-0.1, -0.05) is 12.1 Å². The number of thioether (sulfide) groups is 1. The summed E-state index contributed by atoms with van der Waals surface area (Å²) in [5, 5.41) is 8.47. The Bertz CT molecular complexity index is 344. The highest BCUT2D eigenvalue weighted by atomic mass is 32.2. The second kappa shape index (κ2) is 4.80. The second-order valence-corrected chi connectivity index (χ2v) is 6.17. The summed E-state index contributed by atoms with van der Waals surface area (Å²) in [6, 6.07) is 0.964. The van der Waals surface area contributed by atoms with E-state index in [1.54, 1.807) is 0 Å². The van der Waals surface area contributed by atoms with Crippen molar-refractivity contribution in [1.82, 2.24) is 10.5 Å². The Morgan fingerprint density at radius 1 is 1.50 bits per heavy atom. The zero-order valence-electron chi connectivity index (χ0n) is 10.4. The Morgan fingerprint density at radius 2 is 2.25 bits per heavy atom. The van der Waals surface area contributed by atoms with Gasteiger partial charge in [0.2, 0.25) is 0 Å². The van der Waals surface area contributed by atoms with Crippen LogP contribution in [0, 0.1) is 13.8 Å². The van der Waals surface area contributed by atoms with E-state index < -0.39 is 0 Å². The lowest BCUT2D eigenvalue weighted by Gasteiger charge is -2.18. The van der Waals surface area contributed by atoms with Crippen molar-refractivity contribution in [3.05, 3.63) is 17.0 Å². The Kier molecular flexibility index (Phi) is 3.60. The number of nitrogens with one attached hydrogen (secondary N) is 1. The van der Waals surface area contributed by atoms with Gasteiger partial charge in [0.15, 0.2) is 0 Å². The summed E-state index contributed by atoms with van der Waals surface area (Å²) in [7, 11) is 0. The van der Waals surface area contributed by atoms with Crippen molar-refractivity contribution in [3.63, 3.8) is 0 Å². The molecule has 0 spiro atoms. The van der Waals surface area contributed by atoms with E-state index in [-0.39, 0.29) is 0 Å². The van der Waals surface area contributed by atoms with Crippen molar-refractivity contribution in [2.24, 2.45) is 0 Å². The molecule has 0 radical (unpaired) electrons. The molecule has 90 valence electrons. The van der Waals surface area contributed by atoms with Crippen molar-refractivity contribution in [2.45, 2.75) is 51.4 Å². The van der Waals surface area contributed by atoms with E-state index in [2.05, 4.69) is 36.1 Å². The summed E-state index contributed by atoms with van der Waals surface area (Å²) in [5.74, 6) is 2.16. The molecule has 1 aliphatic rings. The second-order valence-electron chi connectivity index (χ2n) is 4.70. The van der Waals surface area contributed by atoms with Gasteiger partial charge >= 0.3 is 0 Å². The maximum absolute atomic E-state index is 5.21. The SMILES string of the molecule is Cc1noc(C)c1C(C)NC1CSC(C)C1. The molecule has 1 fully saturated rings. The molecule has 1 aliphatic heterocycles. The van der Waals surface area contributed by atoms with Gasteiger partial charge in [-0.15, -0.1) is 0 Å². The van der Waals surface area contributed by atoms with E-state index in [1.807, 2.05) is 13.8 Å². The van der Waals surface area contributed by atoms with Crippen molar-refractivity contribution in [2.75, 3.05) is 5.75 Å². The van der Waals surface area contributed by atoms with Gasteiger partial charge in [0.05, 0.1) is 5.69 Å². The van der Waals surface area contributed by atoms with Crippen LogP contribution in [0.1, 0.15) is 43.3 Å². The van der Waals surface area contributed by atoms with Crippen LogP contribution in [-0.2, 0) is 0 Å². The van der Waals surface area contributed by atoms with Crippen LogP contribution in [0.5, 0.6) is 0 Å². The smallest absolute Gasteiger partial charge is 0.138 e. The van der Waals surface area contributed by atoms with Gasteiger partial charge in [0.25, 0.3) is 0 Å². The summed E-state index contributed by atoms with van der Waals surface area (Å²) in [5.41, 5.74) is 2.24. The van der Waals surface area contributed by atoms with Crippen LogP contribution in [0.2, 0.25) is 0 Å². The first-order valence-corrected chi connectivity index (χ1v) is 6.93. The molecule has 1 N–H and O–H groups in total. The lowest BCUT2D eigenvalue weighted by atomic mass is 10.1. The lowest BCUT2D eigenvalue weighted by molar-refractivity contribution is 0.389. The summed E-state index contributed by atoms with van der Waals surface area (Å²) < 4.78 is 5.21. The number of aryl methyl sites for hydroxylation is 2. The first-order valence-electron chi connectivity index (χ1n) is 5.88. The van der Waals surface area contributed by atoms with Crippen LogP contribution in [0.15, 0.2) is 4.52 Å². The molecular weight excluding hydrogens is 220 g/mol. The van der Waals surface area contributed by atoms with E-state index in [0.29, 0.717) is 12.1 Å². The van der Waals surface area contributed by atoms with Crippen LogP contribution in [0.4, 0.5) is 0 Å². The van der Waals surface area contributed by atoms with Gasteiger partial charge in [-0.2, -0.15) is 11.8 Å². The predicted octanol–water partition coefficient (Wildman–Crippen LogP) is 2.84. The standard InChI is InChI=1S/C12H20N2OS/c1-7-5-11(6-16-7)13-8(2)12-9(3)14-15-10(12)4/h7-8,11,13H,5-6H2,1-4H3. The summed E-state index contributed by atoms with van der Waals surface area (Å²) in [6.45, 7) is 8.49. The first kappa shape index (κ1) is 12.0. The van der Waals surface area contributed by atoms with Crippen LogP contribution in [0.25, 0.3) is 0 Å². The number of hydrogen-bond donors (Lipinski definition) is 1. The minimum absolute atomic E-state index is 0.335. The molecule has 3 nitrogen and oxygen atoms in total. The molecule has 3 atom stereocenters. The van der Waals surface area contributed by atoms with E-state index in [9.17, 15) is 0 Å². The Balaban J connectivity index is 2.00. The predicted molar refractivity (Wildman–Crippen MR) is 67.9 cm³/mol. The number of rotatable bonds is 3. The quantitative estimate of drug-likeness (QED) is 0.881. The van der Waals surface area contributed by atoms with Crippen LogP contribution in [0.3, 0.4) is 0 Å². The molecule has 2 rings (SSSR count). The van der Waals surface area contributed by atoms with Crippen molar-refractivity contribution < 1.29 is 4.52 Å². The van der Waals surface area contributed by atoms with Gasteiger partial charge in [-0.3, -0.25) is 0 Å². The normalized spacial score (nSPS) is 27.2. The third-order valence-corrected chi connectivity index (χ3v) is 4.56. The molecule has 4 heteroatoms. The van der Waals surface area contributed by atoms with Gasteiger partial charge in [0.1, 0.15) is 5.76 Å². The lowest BCUT2D eigenvalue weighted by Crippen LogP contribution is -2.32. The summed E-state index contributed by atoms with van der Waals surface area (Å²) in [6.07, 6.45) is 1.26. The molecule has 1 aromatic heterocycles. The molecule has 0 aliphatic carbocycles. The van der Waals surface area contributed by atoms with Crippen LogP contribution >= 0.6 is 11.8 Å². The highest BCUT2D eigenvalue weighted by Crippen LogP contribution is 2.29. The third-order valence-electron chi connectivity index (χ3n) is 3.21. The van der Waals surface area contributed by atoms with Gasteiger partial charge in [-0.05, 0) is 27.2 Å². The van der Waals surface area contributed by atoms with Crippen LogP contribution < -0.4 is 5.32 Å². The molecular formula is C12H20N2OS. The fraction of sp³-hybridized carbons (Fsp3) is 0.750. The monoisotopic (exact) mass is 240 g/mol. The van der Waals surface area contributed by atoms with E-state index in [0.717, 1.165) is 16.7 Å². The minimum Gasteiger partial charge on any atom is -0.361 e. The molecule has 0 bridgehead atoms. The average Bonchev–Trinajstić information content (AvgIpc) is 2.74. The maximum atomic E-state index is 5.21. The number of hydrogen-bond acceptors (Lipinski definition) is 4. The fourth-order valence-electron chi connectivity index (χ4n) is 2.48. The Morgan fingerprint density at radius 3 is 2.75 bits per heavy atom. The Hall–Kier alpha value is -0.480. The topological polar surface area (TPSA) is 38.1 Å². The largest absolute Gasteiger partial charge is 0.361 e. The summed E-state index contributed by atoms with van der Waals surface area (Å²) in [4.78, 5) is 0.